The maximum atomic E-state index is 5.40. The molecule has 14 aromatic rings. The van der Waals surface area contributed by atoms with E-state index in [-0.39, 0.29) is 0 Å². The number of hydrogen-bond acceptors (Lipinski definition) is 3. The van der Waals surface area contributed by atoms with E-state index in [9.17, 15) is 0 Å². The van der Waals surface area contributed by atoms with E-state index in [0.29, 0.717) is 17.5 Å². The maximum Gasteiger partial charge on any atom is 0.164 e. The maximum absolute atomic E-state index is 5.40. The summed E-state index contributed by atoms with van der Waals surface area (Å²) < 4.78 is 4.78. The first-order chi connectivity index (χ1) is 36.7. The third-order valence-corrected chi connectivity index (χ3v) is 14.4. The highest BCUT2D eigenvalue weighted by atomic mass is 15.0. The highest BCUT2D eigenvalue weighted by molar-refractivity contribution is 6.12. The highest BCUT2D eigenvalue weighted by Gasteiger charge is 2.21. The van der Waals surface area contributed by atoms with E-state index in [1.165, 1.54) is 49.4 Å². The Morgan fingerprint density at radius 3 is 1.16 bits per heavy atom. The fourth-order valence-corrected chi connectivity index (χ4v) is 10.8. The fourth-order valence-electron chi connectivity index (χ4n) is 10.8. The van der Waals surface area contributed by atoms with Gasteiger partial charge in [-0.1, -0.05) is 212 Å². The molecule has 0 aliphatic rings. The van der Waals surface area contributed by atoms with Crippen LogP contribution in [0.3, 0.4) is 0 Å². The molecule has 11 aromatic carbocycles. The Kier molecular flexibility index (Phi) is 10.4. The van der Waals surface area contributed by atoms with E-state index in [2.05, 4.69) is 264 Å². The van der Waals surface area contributed by atoms with Gasteiger partial charge in [0.05, 0.1) is 27.8 Å². The largest absolute Gasteiger partial charge is 0.309 e. The summed E-state index contributed by atoms with van der Waals surface area (Å²) in [5.74, 6) is 1.78. The third-order valence-electron chi connectivity index (χ3n) is 14.4. The topological polar surface area (TPSA) is 48.5 Å². The fraction of sp³-hybridized carbons (Fsp3) is 0. The molecular formula is C69H45N5. The van der Waals surface area contributed by atoms with E-state index < -0.39 is 0 Å². The lowest BCUT2D eigenvalue weighted by Gasteiger charge is -2.17. The van der Waals surface area contributed by atoms with Crippen molar-refractivity contribution in [2.24, 2.45) is 0 Å². The van der Waals surface area contributed by atoms with Crippen LogP contribution in [0.5, 0.6) is 0 Å². The normalized spacial score (nSPS) is 11.5. The van der Waals surface area contributed by atoms with Crippen molar-refractivity contribution in [3.8, 4) is 90.0 Å². The van der Waals surface area contributed by atoms with Gasteiger partial charge in [0, 0.05) is 49.5 Å². The molecular weight excluding hydrogens is 899 g/mol. The van der Waals surface area contributed by atoms with Crippen molar-refractivity contribution < 1.29 is 0 Å². The first kappa shape index (κ1) is 42.9. The molecule has 0 bridgehead atoms. The Balaban J connectivity index is 0.957. The summed E-state index contributed by atoms with van der Waals surface area (Å²) >= 11 is 0. The molecule has 346 valence electrons. The Morgan fingerprint density at radius 2 is 0.608 bits per heavy atom. The quantitative estimate of drug-likeness (QED) is 0.145. The molecule has 0 aliphatic carbocycles. The van der Waals surface area contributed by atoms with Crippen molar-refractivity contribution in [3.63, 3.8) is 0 Å². The molecule has 5 heteroatoms. The van der Waals surface area contributed by atoms with Crippen LogP contribution in [-0.4, -0.2) is 24.1 Å². The lowest BCUT2D eigenvalue weighted by atomic mass is 9.96. The summed E-state index contributed by atoms with van der Waals surface area (Å²) in [6, 6.07) is 97.2. The molecule has 0 radical (unpaired) electrons. The summed E-state index contributed by atoms with van der Waals surface area (Å²) in [6.07, 6.45) is 0. The van der Waals surface area contributed by atoms with Crippen LogP contribution in [0.15, 0.2) is 273 Å². The van der Waals surface area contributed by atoms with E-state index in [4.69, 9.17) is 15.0 Å². The van der Waals surface area contributed by atoms with Gasteiger partial charge in [-0.2, -0.15) is 0 Å². The van der Waals surface area contributed by atoms with Crippen LogP contribution < -0.4 is 0 Å². The second-order valence-electron chi connectivity index (χ2n) is 18.8. The summed E-state index contributed by atoms with van der Waals surface area (Å²) in [5.41, 5.74) is 18.5. The van der Waals surface area contributed by atoms with Crippen LogP contribution in [0.2, 0.25) is 0 Å². The van der Waals surface area contributed by atoms with Crippen molar-refractivity contribution >= 4 is 43.6 Å². The molecule has 0 atom stereocenters. The van der Waals surface area contributed by atoms with Gasteiger partial charge in [-0.3, -0.25) is 0 Å². The van der Waals surface area contributed by atoms with Crippen LogP contribution in [0.4, 0.5) is 0 Å². The lowest BCUT2D eigenvalue weighted by molar-refractivity contribution is 1.07. The zero-order valence-corrected chi connectivity index (χ0v) is 40.2. The van der Waals surface area contributed by atoms with Gasteiger partial charge in [0.15, 0.2) is 17.5 Å². The molecule has 0 spiro atoms. The lowest BCUT2D eigenvalue weighted by Crippen LogP contribution is -2.03. The van der Waals surface area contributed by atoms with Crippen molar-refractivity contribution in [3.05, 3.63) is 273 Å². The van der Waals surface area contributed by atoms with Crippen LogP contribution >= 0.6 is 0 Å². The predicted octanol–water partition coefficient (Wildman–Crippen LogP) is 17.7. The van der Waals surface area contributed by atoms with Crippen molar-refractivity contribution in [1.82, 2.24) is 24.1 Å². The molecule has 3 heterocycles. The SMILES string of the molecule is c1ccc(-c2cccc(-c3ccc(-c4nc(-c5ccccc5)nc(-c5cccc(-n6c7ccc(-c8ccccc8)cc7c7cc(-c8ccccc8)ccc76)c5)n4)cc3-n3c4ccccc4c4ccccc43)c2)cc1. The van der Waals surface area contributed by atoms with E-state index in [1.54, 1.807) is 0 Å². The zero-order chi connectivity index (χ0) is 49.0. The number of hydrogen-bond donors (Lipinski definition) is 0. The molecule has 0 saturated heterocycles. The van der Waals surface area contributed by atoms with Gasteiger partial charge in [-0.15, -0.1) is 0 Å². The second-order valence-corrected chi connectivity index (χ2v) is 18.8. The molecule has 0 unspecified atom stereocenters. The highest BCUT2D eigenvalue weighted by Crippen LogP contribution is 2.41. The van der Waals surface area contributed by atoms with Gasteiger partial charge in [0.2, 0.25) is 0 Å². The standard InChI is InChI=1S/C69H45N5/c1-5-19-46(20-6-1)50-27-17-28-53(41-50)57-38-35-55(45-66(57)74-62-33-15-13-31-58(62)59-32-14-16-34-63(59)74)69-71-67(49-25-11-4-12-26-49)70-68(72-69)54-29-18-30-56(42-54)73-64-39-36-51(47-21-7-2-8-22-47)43-60(64)61-44-52(37-40-65(61)73)48-23-9-3-10-24-48/h1-45H. The Hall–Kier alpha value is -9.97. The van der Waals surface area contributed by atoms with Gasteiger partial charge in [-0.25, -0.2) is 15.0 Å². The average molecular weight is 944 g/mol. The molecule has 3 aromatic heterocycles. The van der Waals surface area contributed by atoms with Gasteiger partial charge in [0.1, 0.15) is 0 Å². The second kappa shape index (κ2) is 18.0. The molecule has 5 nitrogen and oxygen atoms in total. The number of nitrogens with zero attached hydrogens (tertiary/aromatic N) is 5. The summed E-state index contributed by atoms with van der Waals surface area (Å²) in [7, 11) is 0. The van der Waals surface area contributed by atoms with Gasteiger partial charge in [-0.05, 0) is 99.6 Å². The number of rotatable bonds is 9. The van der Waals surface area contributed by atoms with Crippen molar-refractivity contribution in [1.29, 1.82) is 0 Å². The minimum atomic E-state index is 0.588. The molecule has 0 amide bonds. The number of aromatic nitrogens is 5. The summed E-state index contributed by atoms with van der Waals surface area (Å²) in [5, 5.41) is 4.77. The third kappa shape index (κ3) is 7.54. The predicted molar refractivity (Wildman–Crippen MR) is 307 cm³/mol. The Bertz CT molecular complexity index is 4250. The Morgan fingerprint density at radius 1 is 0.216 bits per heavy atom. The zero-order valence-electron chi connectivity index (χ0n) is 40.2. The molecule has 0 aliphatic heterocycles. The van der Waals surface area contributed by atoms with E-state index >= 15 is 0 Å². The minimum absolute atomic E-state index is 0.588. The smallest absolute Gasteiger partial charge is 0.164 e. The van der Waals surface area contributed by atoms with Crippen LogP contribution in [0, 0.1) is 0 Å². The first-order valence-electron chi connectivity index (χ1n) is 25.1. The number of benzene rings is 11. The molecule has 14 rings (SSSR count). The Labute approximate surface area is 428 Å². The van der Waals surface area contributed by atoms with E-state index in [0.717, 1.165) is 66.8 Å². The van der Waals surface area contributed by atoms with Gasteiger partial charge in [0.25, 0.3) is 0 Å². The van der Waals surface area contributed by atoms with Crippen molar-refractivity contribution in [2.75, 3.05) is 0 Å². The molecule has 0 saturated carbocycles. The number of fused-ring (bicyclic) bond motifs is 6. The van der Waals surface area contributed by atoms with Crippen molar-refractivity contribution in [2.45, 2.75) is 0 Å². The molecule has 0 N–H and O–H groups in total. The molecule has 0 fully saturated rings. The minimum Gasteiger partial charge on any atom is -0.309 e. The first-order valence-corrected chi connectivity index (χ1v) is 25.1. The summed E-state index contributed by atoms with van der Waals surface area (Å²) in [6.45, 7) is 0. The monoisotopic (exact) mass is 943 g/mol. The molecule has 74 heavy (non-hydrogen) atoms. The summed E-state index contributed by atoms with van der Waals surface area (Å²) in [4.78, 5) is 15.9. The van der Waals surface area contributed by atoms with Crippen LogP contribution in [-0.2, 0) is 0 Å². The van der Waals surface area contributed by atoms with Crippen LogP contribution in [0.1, 0.15) is 0 Å². The average Bonchev–Trinajstić information content (AvgIpc) is 4.02. The number of para-hydroxylation sites is 2. The van der Waals surface area contributed by atoms with Gasteiger partial charge < -0.3 is 9.13 Å². The van der Waals surface area contributed by atoms with Crippen LogP contribution in [0.25, 0.3) is 134 Å². The van der Waals surface area contributed by atoms with Gasteiger partial charge >= 0.3 is 0 Å². The van der Waals surface area contributed by atoms with E-state index in [1.807, 2.05) is 18.2 Å².